The molecule has 3 atom stereocenters. The fourth-order valence-corrected chi connectivity index (χ4v) is 3.08. The molecule has 1 aliphatic carbocycles. The monoisotopic (exact) mass is 322 g/mol. The number of nitrogens with zero attached hydrogens (tertiary/aromatic N) is 2. The highest BCUT2D eigenvalue weighted by atomic mass is 16.5. The molecule has 1 saturated carbocycles. The lowest BCUT2D eigenvalue weighted by Crippen LogP contribution is -2.48. The van der Waals surface area contributed by atoms with Crippen LogP contribution in [0, 0.1) is 18.8 Å². The van der Waals surface area contributed by atoms with Gasteiger partial charge in [-0.3, -0.25) is 0 Å². The van der Waals surface area contributed by atoms with Gasteiger partial charge in [0.2, 0.25) is 5.89 Å². The van der Waals surface area contributed by atoms with Gasteiger partial charge in [-0.25, -0.2) is 4.79 Å². The van der Waals surface area contributed by atoms with Crippen LogP contribution in [-0.2, 0) is 4.74 Å². The van der Waals surface area contributed by atoms with Crippen LogP contribution in [0.4, 0.5) is 4.79 Å². The minimum atomic E-state index is -0.282. The lowest BCUT2D eigenvalue weighted by Gasteiger charge is -2.31. The third-order valence-corrected chi connectivity index (χ3v) is 4.56. The summed E-state index contributed by atoms with van der Waals surface area (Å²) in [5.74, 6) is 1.89. The van der Waals surface area contributed by atoms with Crippen molar-refractivity contribution in [2.24, 2.45) is 11.8 Å². The smallest absolute Gasteiger partial charge is 0.315 e. The third-order valence-electron chi connectivity index (χ3n) is 4.56. The topological polar surface area (TPSA) is 89.3 Å². The zero-order chi connectivity index (χ0) is 16.4. The summed E-state index contributed by atoms with van der Waals surface area (Å²) in [6.45, 7) is 6.52. The Balaban J connectivity index is 1.54. The lowest BCUT2D eigenvalue weighted by molar-refractivity contribution is -0.00923. The van der Waals surface area contributed by atoms with Gasteiger partial charge in [0, 0.05) is 12.6 Å². The normalized spacial score (nSPS) is 26.1. The van der Waals surface area contributed by atoms with Crippen LogP contribution >= 0.6 is 0 Å². The molecule has 0 aromatic carbocycles. The number of ether oxygens (including phenoxy) is 1. The molecule has 2 fully saturated rings. The van der Waals surface area contributed by atoms with E-state index < -0.39 is 0 Å². The number of carbonyl (C=O) groups is 1. The van der Waals surface area contributed by atoms with Gasteiger partial charge < -0.3 is 19.9 Å². The summed E-state index contributed by atoms with van der Waals surface area (Å²) in [6.07, 6.45) is 4.60. The van der Waals surface area contributed by atoms with E-state index in [1.165, 1.54) is 12.8 Å². The number of aryl methyl sites for hydroxylation is 1. The Morgan fingerprint density at radius 2 is 2.09 bits per heavy atom. The van der Waals surface area contributed by atoms with Crippen molar-refractivity contribution in [3.63, 3.8) is 0 Å². The molecule has 2 heterocycles. The van der Waals surface area contributed by atoms with Crippen LogP contribution in [0.3, 0.4) is 0 Å². The molecule has 0 spiro atoms. The first-order chi connectivity index (χ1) is 11.0. The quantitative estimate of drug-likeness (QED) is 0.868. The SMILES string of the molecule is Cc1noc(C(NC(=O)NC2CCOC(C3CC3)C2)C(C)C)n1. The fourth-order valence-electron chi connectivity index (χ4n) is 3.08. The highest BCUT2D eigenvalue weighted by Gasteiger charge is 2.36. The molecule has 23 heavy (non-hydrogen) atoms. The number of hydrogen-bond acceptors (Lipinski definition) is 5. The summed E-state index contributed by atoms with van der Waals surface area (Å²) in [5, 5.41) is 9.84. The number of amides is 2. The first-order valence-electron chi connectivity index (χ1n) is 8.51. The largest absolute Gasteiger partial charge is 0.378 e. The van der Waals surface area contributed by atoms with Gasteiger partial charge in [-0.15, -0.1) is 0 Å². The van der Waals surface area contributed by atoms with Crippen molar-refractivity contribution in [2.75, 3.05) is 6.61 Å². The van der Waals surface area contributed by atoms with Crippen molar-refractivity contribution in [1.82, 2.24) is 20.8 Å². The first kappa shape index (κ1) is 16.2. The van der Waals surface area contributed by atoms with Crippen LogP contribution in [0.1, 0.15) is 57.3 Å². The molecule has 7 nitrogen and oxygen atoms in total. The zero-order valence-corrected chi connectivity index (χ0v) is 14.0. The second-order valence-corrected chi connectivity index (χ2v) is 6.99. The fraction of sp³-hybridized carbons (Fsp3) is 0.812. The van der Waals surface area contributed by atoms with E-state index in [1.54, 1.807) is 6.92 Å². The molecule has 0 radical (unpaired) electrons. The molecular weight excluding hydrogens is 296 g/mol. The standard InChI is InChI=1S/C16H26N4O3/c1-9(2)14(15-17-10(3)20-23-15)19-16(21)18-12-6-7-22-13(8-12)11-4-5-11/h9,11-14H,4-8H2,1-3H3,(H2,18,19,21). The summed E-state index contributed by atoms with van der Waals surface area (Å²) in [6, 6.07) is -0.289. The van der Waals surface area contributed by atoms with Crippen LogP contribution < -0.4 is 10.6 Å². The highest BCUT2D eigenvalue weighted by Crippen LogP contribution is 2.38. The molecule has 1 saturated heterocycles. The summed E-state index contributed by atoms with van der Waals surface area (Å²) in [4.78, 5) is 16.6. The lowest BCUT2D eigenvalue weighted by atomic mass is 10.00. The van der Waals surface area contributed by atoms with Gasteiger partial charge >= 0.3 is 6.03 Å². The Kier molecular flexibility index (Phi) is 4.84. The van der Waals surface area contributed by atoms with Crippen LogP contribution in [-0.4, -0.2) is 34.9 Å². The van der Waals surface area contributed by atoms with E-state index in [4.69, 9.17) is 9.26 Å². The van der Waals surface area contributed by atoms with Gasteiger partial charge in [0.05, 0.1) is 6.10 Å². The average Bonchev–Trinajstić information content (AvgIpc) is 3.27. The summed E-state index contributed by atoms with van der Waals surface area (Å²) in [5.41, 5.74) is 0. The van der Waals surface area contributed by atoms with Crippen molar-refractivity contribution < 1.29 is 14.1 Å². The van der Waals surface area contributed by atoms with Crippen LogP contribution in [0.15, 0.2) is 4.52 Å². The number of carbonyl (C=O) groups excluding carboxylic acids is 1. The van der Waals surface area contributed by atoms with E-state index in [1.807, 2.05) is 13.8 Å². The molecule has 1 aromatic heterocycles. The molecule has 7 heteroatoms. The van der Waals surface area contributed by atoms with Crippen molar-refractivity contribution in [1.29, 1.82) is 0 Å². The third kappa shape index (κ3) is 4.22. The van der Waals surface area contributed by atoms with Crippen molar-refractivity contribution in [3.05, 3.63) is 11.7 Å². The Hall–Kier alpha value is -1.63. The number of hydrogen-bond donors (Lipinski definition) is 2. The van der Waals surface area contributed by atoms with Crippen LogP contribution in [0.2, 0.25) is 0 Å². The Morgan fingerprint density at radius 3 is 2.70 bits per heavy atom. The molecule has 3 rings (SSSR count). The second-order valence-electron chi connectivity index (χ2n) is 6.99. The summed E-state index contributed by atoms with van der Waals surface area (Å²) in [7, 11) is 0. The number of urea groups is 1. The van der Waals surface area contributed by atoms with Gasteiger partial charge in [0.25, 0.3) is 0 Å². The molecule has 128 valence electrons. The Labute approximate surface area is 136 Å². The van der Waals surface area contributed by atoms with Crippen molar-refractivity contribution in [2.45, 2.75) is 64.6 Å². The number of nitrogens with one attached hydrogen (secondary N) is 2. The van der Waals surface area contributed by atoms with E-state index in [0.717, 1.165) is 19.4 Å². The molecular formula is C16H26N4O3. The van der Waals surface area contributed by atoms with Crippen LogP contribution in [0.5, 0.6) is 0 Å². The van der Waals surface area contributed by atoms with Gasteiger partial charge in [0.1, 0.15) is 6.04 Å². The minimum Gasteiger partial charge on any atom is -0.378 e. The van der Waals surface area contributed by atoms with E-state index in [2.05, 4.69) is 20.8 Å². The molecule has 2 amide bonds. The zero-order valence-electron chi connectivity index (χ0n) is 14.0. The molecule has 0 bridgehead atoms. The Bertz CT molecular complexity index is 541. The van der Waals surface area contributed by atoms with Gasteiger partial charge in [-0.2, -0.15) is 4.98 Å². The average molecular weight is 322 g/mol. The first-order valence-corrected chi connectivity index (χ1v) is 8.51. The summed E-state index contributed by atoms with van der Waals surface area (Å²) < 4.78 is 11.0. The summed E-state index contributed by atoms with van der Waals surface area (Å²) >= 11 is 0. The van der Waals surface area contributed by atoms with E-state index in [0.29, 0.717) is 23.7 Å². The molecule has 1 aromatic rings. The molecule has 3 unspecified atom stereocenters. The number of rotatable bonds is 5. The van der Waals surface area contributed by atoms with E-state index in [-0.39, 0.29) is 24.0 Å². The predicted octanol–water partition coefficient (Wildman–Crippen LogP) is 2.33. The highest BCUT2D eigenvalue weighted by molar-refractivity contribution is 5.74. The van der Waals surface area contributed by atoms with E-state index in [9.17, 15) is 4.79 Å². The Morgan fingerprint density at radius 1 is 1.30 bits per heavy atom. The predicted molar refractivity (Wildman–Crippen MR) is 83.8 cm³/mol. The van der Waals surface area contributed by atoms with Crippen molar-refractivity contribution >= 4 is 6.03 Å². The maximum atomic E-state index is 12.3. The maximum absolute atomic E-state index is 12.3. The van der Waals surface area contributed by atoms with Crippen LogP contribution in [0.25, 0.3) is 0 Å². The van der Waals surface area contributed by atoms with E-state index >= 15 is 0 Å². The molecule has 1 aliphatic heterocycles. The van der Waals surface area contributed by atoms with Gasteiger partial charge in [0.15, 0.2) is 5.82 Å². The maximum Gasteiger partial charge on any atom is 0.315 e. The minimum absolute atomic E-state index is 0.162. The number of aromatic nitrogens is 2. The van der Waals surface area contributed by atoms with Gasteiger partial charge in [-0.1, -0.05) is 19.0 Å². The van der Waals surface area contributed by atoms with Crippen molar-refractivity contribution in [3.8, 4) is 0 Å². The molecule has 2 aliphatic rings. The molecule has 2 N–H and O–H groups in total. The van der Waals surface area contributed by atoms with Gasteiger partial charge in [-0.05, 0) is 44.4 Å². The second kappa shape index (κ2) is 6.86.